The van der Waals surface area contributed by atoms with Crippen LogP contribution in [0.2, 0.25) is 0 Å². The summed E-state index contributed by atoms with van der Waals surface area (Å²) in [7, 11) is 0.367. The van der Waals surface area contributed by atoms with Crippen LogP contribution in [0.5, 0.6) is 0 Å². The number of hydrogen-bond acceptors (Lipinski definition) is 4. The monoisotopic (exact) mass is 283 g/mol. The second kappa shape index (κ2) is 5.48. The van der Waals surface area contributed by atoms with Crippen molar-refractivity contribution in [3.8, 4) is 0 Å². The maximum absolute atomic E-state index is 12.2. The Morgan fingerprint density at radius 3 is 2.84 bits per heavy atom. The Bertz CT molecular complexity index is 557. The quantitative estimate of drug-likeness (QED) is 0.829. The van der Waals surface area contributed by atoms with Gasteiger partial charge in [-0.1, -0.05) is 6.07 Å². The SMILES string of the molecule is CNC(C)CNS(=O)(=O)c1ccc2c(c1)N(C)CC2. The van der Waals surface area contributed by atoms with Crippen molar-refractivity contribution >= 4 is 15.7 Å². The van der Waals surface area contributed by atoms with Crippen molar-refractivity contribution in [3.63, 3.8) is 0 Å². The third-order valence-electron chi connectivity index (χ3n) is 3.57. The molecule has 19 heavy (non-hydrogen) atoms. The fraction of sp³-hybridized carbons (Fsp3) is 0.538. The number of sulfonamides is 1. The zero-order valence-electron chi connectivity index (χ0n) is 11.6. The molecule has 0 radical (unpaired) electrons. The molecule has 0 spiro atoms. The van der Waals surface area contributed by atoms with E-state index >= 15 is 0 Å². The van der Waals surface area contributed by atoms with Gasteiger partial charge >= 0.3 is 0 Å². The van der Waals surface area contributed by atoms with Crippen LogP contribution in [0.4, 0.5) is 5.69 Å². The van der Waals surface area contributed by atoms with Gasteiger partial charge in [-0.05, 0) is 38.1 Å². The summed E-state index contributed by atoms with van der Waals surface area (Å²) in [6.07, 6.45) is 0.983. The van der Waals surface area contributed by atoms with Crippen molar-refractivity contribution < 1.29 is 8.42 Å². The van der Waals surface area contributed by atoms with E-state index in [-0.39, 0.29) is 6.04 Å². The lowest BCUT2D eigenvalue weighted by molar-refractivity contribution is 0.554. The number of likely N-dealkylation sites (N-methyl/N-ethyl adjacent to an activating group) is 2. The molecule has 0 amide bonds. The van der Waals surface area contributed by atoms with Crippen LogP contribution in [-0.2, 0) is 16.4 Å². The molecular formula is C13H21N3O2S. The van der Waals surface area contributed by atoms with Crippen molar-refractivity contribution in [2.45, 2.75) is 24.3 Å². The minimum absolute atomic E-state index is 0.104. The number of benzene rings is 1. The maximum atomic E-state index is 12.2. The molecule has 0 saturated carbocycles. The van der Waals surface area contributed by atoms with E-state index in [9.17, 15) is 8.42 Å². The highest BCUT2D eigenvalue weighted by atomic mass is 32.2. The van der Waals surface area contributed by atoms with Crippen LogP contribution in [-0.4, -0.2) is 41.6 Å². The van der Waals surface area contributed by atoms with Crippen LogP contribution in [0.25, 0.3) is 0 Å². The van der Waals surface area contributed by atoms with Crippen molar-refractivity contribution in [1.82, 2.24) is 10.0 Å². The third-order valence-corrected chi connectivity index (χ3v) is 4.99. The maximum Gasteiger partial charge on any atom is 0.240 e. The van der Waals surface area contributed by atoms with Crippen molar-refractivity contribution in [2.75, 3.05) is 32.1 Å². The number of fused-ring (bicyclic) bond motifs is 1. The van der Waals surface area contributed by atoms with Gasteiger partial charge < -0.3 is 10.2 Å². The second-order valence-electron chi connectivity index (χ2n) is 5.00. The molecule has 1 aliphatic rings. The largest absolute Gasteiger partial charge is 0.374 e. The molecule has 1 heterocycles. The Morgan fingerprint density at radius 2 is 2.16 bits per heavy atom. The van der Waals surface area contributed by atoms with E-state index < -0.39 is 10.0 Å². The van der Waals surface area contributed by atoms with E-state index in [2.05, 4.69) is 14.9 Å². The van der Waals surface area contributed by atoms with Gasteiger partial charge in [0.2, 0.25) is 10.0 Å². The van der Waals surface area contributed by atoms with Crippen molar-refractivity contribution in [3.05, 3.63) is 23.8 Å². The highest BCUT2D eigenvalue weighted by Gasteiger charge is 2.21. The van der Waals surface area contributed by atoms with Gasteiger partial charge in [-0.2, -0.15) is 0 Å². The first kappa shape index (κ1) is 14.3. The molecule has 1 unspecified atom stereocenters. The average molecular weight is 283 g/mol. The molecule has 2 rings (SSSR count). The van der Waals surface area contributed by atoms with Crippen molar-refractivity contribution in [2.24, 2.45) is 0 Å². The van der Waals surface area contributed by atoms with Gasteiger partial charge in [-0.15, -0.1) is 0 Å². The Hall–Kier alpha value is -1.11. The lowest BCUT2D eigenvalue weighted by Gasteiger charge is -2.15. The molecule has 2 N–H and O–H groups in total. The molecule has 0 aliphatic carbocycles. The summed E-state index contributed by atoms with van der Waals surface area (Å²) in [5.74, 6) is 0. The lowest BCUT2D eigenvalue weighted by Crippen LogP contribution is -2.37. The predicted octanol–water partition coefficient (Wildman–Crippen LogP) is 0.565. The highest BCUT2D eigenvalue weighted by Crippen LogP contribution is 2.29. The van der Waals surface area contributed by atoms with E-state index in [0.29, 0.717) is 11.4 Å². The van der Waals surface area contributed by atoms with Crippen LogP contribution in [0.1, 0.15) is 12.5 Å². The van der Waals surface area contributed by atoms with Crippen LogP contribution in [0.15, 0.2) is 23.1 Å². The molecule has 6 heteroatoms. The van der Waals surface area contributed by atoms with E-state index in [4.69, 9.17) is 0 Å². The molecule has 5 nitrogen and oxygen atoms in total. The molecule has 0 fully saturated rings. The Morgan fingerprint density at radius 1 is 1.42 bits per heavy atom. The first-order valence-electron chi connectivity index (χ1n) is 6.45. The smallest absolute Gasteiger partial charge is 0.240 e. The Labute approximate surface area is 115 Å². The minimum Gasteiger partial charge on any atom is -0.374 e. The molecule has 0 saturated heterocycles. The number of nitrogens with one attached hydrogen (secondary N) is 2. The standard InChI is InChI=1S/C13H21N3O2S/c1-10(14-2)9-15-19(17,18)12-5-4-11-6-7-16(3)13(11)8-12/h4-5,8,10,14-15H,6-7,9H2,1-3H3. The molecule has 0 aromatic heterocycles. The summed E-state index contributed by atoms with van der Waals surface area (Å²) in [5, 5.41) is 3.00. The average Bonchev–Trinajstić information content (AvgIpc) is 2.77. The summed E-state index contributed by atoms with van der Waals surface area (Å²) in [4.78, 5) is 2.42. The van der Waals surface area contributed by atoms with E-state index in [1.165, 1.54) is 5.56 Å². The summed E-state index contributed by atoms with van der Waals surface area (Å²) in [6.45, 7) is 3.26. The van der Waals surface area contributed by atoms with Gasteiger partial charge in [0.05, 0.1) is 4.90 Å². The fourth-order valence-electron chi connectivity index (χ4n) is 2.11. The van der Waals surface area contributed by atoms with Gasteiger partial charge in [-0.3, -0.25) is 0 Å². The second-order valence-corrected chi connectivity index (χ2v) is 6.77. The summed E-state index contributed by atoms with van der Waals surface area (Å²) in [5.41, 5.74) is 2.23. The molecule has 1 aromatic carbocycles. The van der Waals surface area contributed by atoms with Gasteiger partial charge in [-0.25, -0.2) is 13.1 Å². The van der Waals surface area contributed by atoms with Crippen LogP contribution < -0.4 is 14.9 Å². The fourth-order valence-corrected chi connectivity index (χ4v) is 3.26. The number of nitrogens with zero attached hydrogens (tertiary/aromatic N) is 1. The Balaban J connectivity index is 2.19. The highest BCUT2D eigenvalue weighted by molar-refractivity contribution is 7.89. The van der Waals surface area contributed by atoms with Crippen LogP contribution >= 0.6 is 0 Å². The van der Waals surface area contributed by atoms with Crippen LogP contribution in [0, 0.1) is 0 Å². The molecule has 1 aliphatic heterocycles. The van der Waals surface area contributed by atoms with Gasteiger partial charge in [0.25, 0.3) is 0 Å². The van der Waals surface area contributed by atoms with E-state index in [0.717, 1.165) is 18.7 Å². The number of anilines is 1. The normalized spacial score (nSPS) is 16.5. The zero-order valence-corrected chi connectivity index (χ0v) is 12.4. The molecule has 1 aromatic rings. The third kappa shape index (κ3) is 3.08. The van der Waals surface area contributed by atoms with E-state index in [1.807, 2.05) is 27.1 Å². The summed E-state index contributed by atoms with van der Waals surface area (Å²) in [6, 6.07) is 5.46. The minimum atomic E-state index is -3.43. The van der Waals surface area contributed by atoms with Crippen LogP contribution in [0.3, 0.4) is 0 Å². The van der Waals surface area contributed by atoms with Gasteiger partial charge in [0.15, 0.2) is 0 Å². The summed E-state index contributed by atoms with van der Waals surface area (Å²) < 4.78 is 27.0. The number of rotatable bonds is 5. The summed E-state index contributed by atoms with van der Waals surface area (Å²) >= 11 is 0. The lowest BCUT2D eigenvalue weighted by atomic mass is 10.2. The first-order valence-corrected chi connectivity index (χ1v) is 7.93. The van der Waals surface area contributed by atoms with Crippen molar-refractivity contribution in [1.29, 1.82) is 0 Å². The molecule has 0 bridgehead atoms. The topological polar surface area (TPSA) is 61.4 Å². The number of hydrogen-bond donors (Lipinski definition) is 2. The molecular weight excluding hydrogens is 262 g/mol. The zero-order chi connectivity index (χ0) is 14.0. The molecule has 106 valence electrons. The van der Waals surface area contributed by atoms with E-state index in [1.54, 1.807) is 12.1 Å². The first-order chi connectivity index (χ1) is 8.94. The Kier molecular flexibility index (Phi) is 4.13. The molecule has 1 atom stereocenters. The van der Waals surface area contributed by atoms with Gasteiger partial charge in [0, 0.05) is 31.9 Å². The van der Waals surface area contributed by atoms with Gasteiger partial charge in [0.1, 0.15) is 0 Å². The predicted molar refractivity (Wildman–Crippen MR) is 77.1 cm³/mol.